The molecule has 1 heterocycles. The Bertz CT molecular complexity index is 1360. The number of ether oxygens (including phenoxy) is 3. The molecule has 0 N–H and O–H groups in total. The molecule has 0 unspecified atom stereocenters. The number of likely N-dealkylation sites (N-methyl/N-ethyl adjacent to an activating group) is 1. The molecule has 9 heteroatoms. The first-order valence-electron chi connectivity index (χ1n) is 11.5. The van der Waals surface area contributed by atoms with Crippen molar-refractivity contribution in [3.8, 4) is 11.5 Å². The Kier molecular flexibility index (Phi) is 8.68. The summed E-state index contributed by atoms with van der Waals surface area (Å²) in [6.07, 6.45) is 1.80. The van der Waals surface area contributed by atoms with Gasteiger partial charge in [-0.05, 0) is 88.2 Å². The van der Waals surface area contributed by atoms with Crippen LogP contribution in [0, 0.1) is 0 Å². The molecular formula is C28H25BrN2O5S. The molecule has 0 radical (unpaired) electrons. The van der Waals surface area contributed by atoms with Crippen LogP contribution in [0.4, 0.5) is 5.69 Å². The highest BCUT2D eigenvalue weighted by Crippen LogP contribution is 2.39. The Labute approximate surface area is 228 Å². The summed E-state index contributed by atoms with van der Waals surface area (Å²) in [6, 6.07) is 20.3. The first-order valence-corrected chi connectivity index (χ1v) is 13.1. The second-order valence-electron chi connectivity index (χ2n) is 7.94. The Hall–Kier alpha value is -3.56. The molecule has 3 aromatic carbocycles. The van der Waals surface area contributed by atoms with E-state index >= 15 is 0 Å². The Morgan fingerprint density at radius 1 is 1.11 bits per heavy atom. The zero-order valence-corrected chi connectivity index (χ0v) is 23.0. The van der Waals surface area contributed by atoms with Crippen molar-refractivity contribution in [1.82, 2.24) is 4.90 Å². The number of amides is 1. The van der Waals surface area contributed by atoms with Gasteiger partial charge in [0.05, 0.1) is 34.3 Å². The molecule has 0 atom stereocenters. The maximum atomic E-state index is 12.9. The fraction of sp³-hybridized carbons (Fsp3) is 0.179. The number of nitrogens with zero attached hydrogens (tertiary/aromatic N) is 2. The van der Waals surface area contributed by atoms with E-state index in [9.17, 15) is 9.59 Å². The van der Waals surface area contributed by atoms with Crippen molar-refractivity contribution in [2.75, 3.05) is 20.8 Å². The molecule has 1 saturated heterocycles. The Morgan fingerprint density at radius 2 is 1.84 bits per heavy atom. The molecule has 7 nitrogen and oxygen atoms in total. The van der Waals surface area contributed by atoms with Crippen molar-refractivity contribution in [1.29, 1.82) is 0 Å². The molecule has 4 rings (SSSR count). The molecule has 0 spiro atoms. The molecule has 1 amide bonds. The van der Waals surface area contributed by atoms with Gasteiger partial charge in [-0.2, -0.15) is 0 Å². The minimum absolute atomic E-state index is 0.161. The van der Waals surface area contributed by atoms with E-state index in [0.717, 1.165) is 11.1 Å². The molecule has 0 saturated carbocycles. The largest absolute Gasteiger partial charge is 0.493 e. The normalized spacial score (nSPS) is 15.4. The maximum absolute atomic E-state index is 12.9. The summed E-state index contributed by atoms with van der Waals surface area (Å²) in [6.45, 7) is 2.47. The van der Waals surface area contributed by atoms with E-state index in [4.69, 9.17) is 14.2 Å². The van der Waals surface area contributed by atoms with Gasteiger partial charge in [0.15, 0.2) is 16.7 Å². The molecule has 1 aliphatic rings. The second kappa shape index (κ2) is 12.1. The van der Waals surface area contributed by atoms with Gasteiger partial charge in [-0.3, -0.25) is 9.69 Å². The first-order chi connectivity index (χ1) is 17.9. The van der Waals surface area contributed by atoms with Crippen LogP contribution in [0.3, 0.4) is 0 Å². The predicted molar refractivity (Wildman–Crippen MR) is 149 cm³/mol. The van der Waals surface area contributed by atoms with Crippen LogP contribution in [-0.2, 0) is 16.1 Å². The Morgan fingerprint density at radius 3 is 2.51 bits per heavy atom. The van der Waals surface area contributed by atoms with Gasteiger partial charge in [0.2, 0.25) is 0 Å². The number of aliphatic imine (C=N–C) groups is 1. The van der Waals surface area contributed by atoms with Crippen molar-refractivity contribution in [3.63, 3.8) is 0 Å². The fourth-order valence-electron chi connectivity index (χ4n) is 3.49. The number of rotatable bonds is 8. The summed E-state index contributed by atoms with van der Waals surface area (Å²) in [5, 5.41) is 0.536. The summed E-state index contributed by atoms with van der Waals surface area (Å²) in [5.74, 6) is 0.597. The van der Waals surface area contributed by atoms with Crippen LogP contribution in [0.25, 0.3) is 6.08 Å². The van der Waals surface area contributed by atoms with Crippen molar-refractivity contribution < 1.29 is 23.8 Å². The molecular weight excluding hydrogens is 556 g/mol. The van der Waals surface area contributed by atoms with Gasteiger partial charge in [-0.25, -0.2) is 9.79 Å². The zero-order chi connectivity index (χ0) is 26.4. The predicted octanol–water partition coefficient (Wildman–Crippen LogP) is 6.45. The van der Waals surface area contributed by atoms with E-state index in [2.05, 4.69) is 20.9 Å². The van der Waals surface area contributed by atoms with Gasteiger partial charge in [0.1, 0.15) is 6.61 Å². The van der Waals surface area contributed by atoms with Gasteiger partial charge in [-0.1, -0.05) is 30.3 Å². The van der Waals surface area contributed by atoms with E-state index in [0.29, 0.717) is 50.5 Å². The molecule has 37 heavy (non-hydrogen) atoms. The number of hydrogen-bond donors (Lipinski definition) is 0. The van der Waals surface area contributed by atoms with E-state index in [-0.39, 0.29) is 11.9 Å². The minimum atomic E-state index is -0.382. The zero-order valence-electron chi connectivity index (χ0n) is 20.6. The van der Waals surface area contributed by atoms with Gasteiger partial charge >= 0.3 is 5.97 Å². The lowest BCUT2D eigenvalue weighted by Crippen LogP contribution is -2.23. The van der Waals surface area contributed by atoms with Crippen molar-refractivity contribution >= 4 is 56.5 Å². The summed E-state index contributed by atoms with van der Waals surface area (Å²) < 4.78 is 17.3. The maximum Gasteiger partial charge on any atom is 0.338 e. The first kappa shape index (κ1) is 26.5. The minimum Gasteiger partial charge on any atom is -0.493 e. The van der Waals surface area contributed by atoms with Crippen molar-refractivity contribution in [3.05, 3.63) is 92.8 Å². The standard InChI is InChI=1S/C28H25BrN2O5S/c1-4-35-27(33)20-10-12-21(13-11-20)30-28-31(2)26(32)24(37-28)16-19-14-22(29)25(23(15-19)34-3)36-17-18-8-6-5-7-9-18/h5-16H,4,17H2,1-3H3/b24-16+,30-28?. The van der Waals surface area contributed by atoms with Crippen LogP contribution in [0.1, 0.15) is 28.4 Å². The number of hydrogen-bond acceptors (Lipinski definition) is 7. The molecule has 1 fully saturated rings. The number of benzene rings is 3. The third-order valence-electron chi connectivity index (χ3n) is 5.38. The number of carbonyl (C=O) groups is 2. The van der Waals surface area contributed by atoms with Crippen molar-refractivity contribution in [2.24, 2.45) is 4.99 Å². The quantitative estimate of drug-likeness (QED) is 0.225. The van der Waals surface area contributed by atoms with Gasteiger partial charge < -0.3 is 14.2 Å². The number of halogens is 1. The van der Waals surface area contributed by atoms with Crippen LogP contribution < -0.4 is 9.47 Å². The summed E-state index contributed by atoms with van der Waals surface area (Å²) >= 11 is 4.85. The average molecular weight is 581 g/mol. The van der Waals surface area contributed by atoms with Crippen LogP contribution >= 0.6 is 27.7 Å². The van der Waals surface area contributed by atoms with Crippen molar-refractivity contribution in [2.45, 2.75) is 13.5 Å². The fourth-order valence-corrected chi connectivity index (χ4v) is 5.05. The van der Waals surface area contributed by atoms with Crippen LogP contribution in [0.5, 0.6) is 11.5 Å². The summed E-state index contributed by atoms with van der Waals surface area (Å²) in [7, 11) is 3.26. The third kappa shape index (κ3) is 6.42. The topological polar surface area (TPSA) is 77.4 Å². The number of thioether (sulfide) groups is 1. The van der Waals surface area contributed by atoms with Crippen LogP contribution in [0.15, 0.2) is 81.1 Å². The van der Waals surface area contributed by atoms with E-state index < -0.39 is 0 Å². The van der Waals surface area contributed by atoms with E-state index in [1.54, 1.807) is 51.4 Å². The number of carbonyl (C=O) groups excluding carboxylic acids is 2. The summed E-state index contributed by atoms with van der Waals surface area (Å²) in [4.78, 5) is 31.4. The van der Waals surface area contributed by atoms with Gasteiger partial charge in [0.25, 0.3) is 5.91 Å². The average Bonchev–Trinajstić information content (AvgIpc) is 3.16. The number of methoxy groups -OCH3 is 1. The number of amidine groups is 1. The third-order valence-corrected chi connectivity index (χ3v) is 7.03. The molecule has 3 aromatic rings. The molecule has 190 valence electrons. The second-order valence-corrected chi connectivity index (χ2v) is 9.81. The lowest BCUT2D eigenvalue weighted by molar-refractivity contribution is -0.121. The molecule has 0 aliphatic carbocycles. The van der Waals surface area contributed by atoms with Crippen LogP contribution in [-0.4, -0.2) is 42.7 Å². The van der Waals surface area contributed by atoms with E-state index in [1.165, 1.54) is 16.7 Å². The van der Waals surface area contributed by atoms with Crippen LogP contribution in [0.2, 0.25) is 0 Å². The molecule has 0 aromatic heterocycles. The molecule has 0 bridgehead atoms. The highest BCUT2D eigenvalue weighted by atomic mass is 79.9. The monoisotopic (exact) mass is 580 g/mol. The SMILES string of the molecule is CCOC(=O)c1ccc(N=C2S/C(=C/c3cc(Br)c(OCc4ccccc4)c(OC)c3)C(=O)N2C)cc1. The highest BCUT2D eigenvalue weighted by Gasteiger charge is 2.30. The van der Waals surface area contributed by atoms with Gasteiger partial charge in [-0.15, -0.1) is 0 Å². The van der Waals surface area contributed by atoms with E-state index in [1.807, 2.05) is 42.5 Å². The molecule has 1 aliphatic heterocycles. The Balaban J connectivity index is 1.53. The lowest BCUT2D eigenvalue weighted by atomic mass is 10.1. The van der Waals surface area contributed by atoms with Gasteiger partial charge in [0, 0.05) is 7.05 Å². The smallest absolute Gasteiger partial charge is 0.338 e. The highest BCUT2D eigenvalue weighted by molar-refractivity contribution is 9.10. The lowest BCUT2D eigenvalue weighted by Gasteiger charge is -2.14. The summed E-state index contributed by atoms with van der Waals surface area (Å²) in [5.41, 5.74) is 2.90. The number of esters is 1.